The molecule has 0 bridgehead atoms. The monoisotopic (exact) mass is 283 g/mol. The third-order valence-electron chi connectivity index (χ3n) is 4.13. The molecule has 0 atom stereocenters. The van der Waals surface area contributed by atoms with Crippen LogP contribution in [-0.2, 0) is 12.0 Å². The van der Waals surface area contributed by atoms with Gasteiger partial charge in [-0.25, -0.2) is 0 Å². The number of rotatable bonds is 3. The number of hydrogen-bond donors (Lipinski definition) is 1. The Balaban J connectivity index is 2.06. The highest BCUT2D eigenvalue weighted by molar-refractivity contribution is 5.68. The van der Waals surface area contributed by atoms with E-state index in [0.29, 0.717) is 6.54 Å². The van der Waals surface area contributed by atoms with Gasteiger partial charge in [-0.15, -0.1) is 0 Å². The van der Waals surface area contributed by atoms with Gasteiger partial charge in [0.25, 0.3) is 0 Å². The topological polar surface area (TPSA) is 44.5 Å². The van der Waals surface area contributed by atoms with Gasteiger partial charge in [-0.05, 0) is 35.4 Å². The van der Waals surface area contributed by atoms with Gasteiger partial charge < -0.3 is 15.2 Å². The van der Waals surface area contributed by atoms with E-state index in [1.54, 1.807) is 7.11 Å². The Morgan fingerprint density at radius 2 is 1.86 bits per heavy atom. The Morgan fingerprint density at radius 3 is 2.57 bits per heavy atom. The molecule has 0 aromatic heterocycles. The van der Waals surface area contributed by atoms with Crippen molar-refractivity contribution in [3.05, 3.63) is 47.5 Å². The predicted molar refractivity (Wildman–Crippen MR) is 84.8 cm³/mol. The summed E-state index contributed by atoms with van der Waals surface area (Å²) in [5.41, 5.74) is 10.5. The standard InChI is InChI=1S/C18H21NO2/c1-18(2)11-21-17-7-5-13(9-15(17)18)12-4-6-16(20-3)14(8-12)10-19/h4-9H,10-11,19H2,1-3H3. The second-order valence-electron chi connectivity index (χ2n) is 6.11. The van der Waals surface area contributed by atoms with E-state index in [9.17, 15) is 0 Å². The summed E-state index contributed by atoms with van der Waals surface area (Å²) in [5, 5.41) is 0. The molecule has 21 heavy (non-hydrogen) atoms. The lowest BCUT2D eigenvalue weighted by Crippen LogP contribution is -2.18. The maximum Gasteiger partial charge on any atom is 0.123 e. The minimum Gasteiger partial charge on any atom is -0.496 e. The molecule has 0 saturated carbocycles. The van der Waals surface area contributed by atoms with Crippen molar-refractivity contribution in [2.24, 2.45) is 5.73 Å². The van der Waals surface area contributed by atoms with Crippen LogP contribution in [0.3, 0.4) is 0 Å². The SMILES string of the molecule is COc1ccc(-c2ccc3c(c2)C(C)(C)CO3)cc1CN. The van der Waals surface area contributed by atoms with Gasteiger partial charge in [-0.1, -0.05) is 26.0 Å². The first-order valence-corrected chi connectivity index (χ1v) is 7.20. The smallest absolute Gasteiger partial charge is 0.123 e. The number of ether oxygens (including phenoxy) is 2. The molecule has 0 amide bonds. The zero-order valence-electron chi connectivity index (χ0n) is 12.8. The van der Waals surface area contributed by atoms with E-state index < -0.39 is 0 Å². The van der Waals surface area contributed by atoms with Crippen molar-refractivity contribution in [1.29, 1.82) is 0 Å². The lowest BCUT2D eigenvalue weighted by Gasteiger charge is -2.16. The molecule has 3 heteroatoms. The maximum absolute atomic E-state index is 5.81. The van der Waals surface area contributed by atoms with E-state index in [4.69, 9.17) is 15.2 Å². The van der Waals surface area contributed by atoms with Crippen LogP contribution in [0.25, 0.3) is 11.1 Å². The van der Waals surface area contributed by atoms with Crippen molar-refractivity contribution in [3.8, 4) is 22.6 Å². The summed E-state index contributed by atoms with van der Waals surface area (Å²) in [4.78, 5) is 0. The molecule has 1 heterocycles. The molecule has 0 saturated heterocycles. The van der Waals surface area contributed by atoms with E-state index in [1.165, 1.54) is 11.1 Å². The summed E-state index contributed by atoms with van der Waals surface area (Å²) in [6.07, 6.45) is 0. The van der Waals surface area contributed by atoms with Gasteiger partial charge in [0.05, 0.1) is 13.7 Å². The van der Waals surface area contributed by atoms with Crippen molar-refractivity contribution in [2.75, 3.05) is 13.7 Å². The highest BCUT2D eigenvalue weighted by atomic mass is 16.5. The van der Waals surface area contributed by atoms with Gasteiger partial charge in [0, 0.05) is 23.1 Å². The first kappa shape index (κ1) is 14.0. The molecule has 0 aliphatic carbocycles. The second-order valence-corrected chi connectivity index (χ2v) is 6.11. The third kappa shape index (κ3) is 2.38. The minimum absolute atomic E-state index is 0.0640. The van der Waals surface area contributed by atoms with Crippen LogP contribution in [0.5, 0.6) is 11.5 Å². The van der Waals surface area contributed by atoms with Crippen molar-refractivity contribution in [1.82, 2.24) is 0 Å². The molecule has 0 fully saturated rings. The molecule has 3 rings (SSSR count). The molecule has 2 aromatic carbocycles. The molecule has 2 N–H and O–H groups in total. The highest BCUT2D eigenvalue weighted by Crippen LogP contribution is 2.40. The summed E-state index contributed by atoms with van der Waals surface area (Å²) >= 11 is 0. The van der Waals surface area contributed by atoms with Crippen LogP contribution in [0.4, 0.5) is 0 Å². The van der Waals surface area contributed by atoms with Crippen molar-refractivity contribution in [2.45, 2.75) is 25.8 Å². The van der Waals surface area contributed by atoms with Gasteiger partial charge in [-0.3, -0.25) is 0 Å². The molecule has 1 aliphatic heterocycles. The lowest BCUT2D eigenvalue weighted by molar-refractivity contribution is 0.291. The number of nitrogens with two attached hydrogens (primary N) is 1. The number of hydrogen-bond acceptors (Lipinski definition) is 3. The summed E-state index contributed by atoms with van der Waals surface area (Å²) in [7, 11) is 1.67. The molecular weight excluding hydrogens is 262 g/mol. The Labute approximate surface area is 125 Å². The zero-order chi connectivity index (χ0) is 15.0. The summed E-state index contributed by atoms with van der Waals surface area (Å²) in [6, 6.07) is 12.5. The fourth-order valence-corrected chi connectivity index (χ4v) is 2.82. The molecular formula is C18H21NO2. The van der Waals surface area contributed by atoms with Crippen LogP contribution in [-0.4, -0.2) is 13.7 Å². The minimum atomic E-state index is 0.0640. The average Bonchev–Trinajstić information content (AvgIpc) is 2.81. The van der Waals surface area contributed by atoms with Gasteiger partial charge in [0.2, 0.25) is 0 Å². The highest BCUT2D eigenvalue weighted by Gasteiger charge is 2.31. The quantitative estimate of drug-likeness (QED) is 0.937. The van der Waals surface area contributed by atoms with E-state index in [-0.39, 0.29) is 5.41 Å². The van der Waals surface area contributed by atoms with Crippen LogP contribution in [0.1, 0.15) is 25.0 Å². The van der Waals surface area contributed by atoms with E-state index >= 15 is 0 Å². The molecule has 1 aliphatic rings. The summed E-state index contributed by atoms with van der Waals surface area (Å²) in [6.45, 7) is 5.63. The first-order chi connectivity index (χ1) is 10.0. The fraction of sp³-hybridized carbons (Fsp3) is 0.333. The maximum atomic E-state index is 5.81. The predicted octanol–water partition coefficient (Wildman–Crippen LogP) is 3.49. The molecule has 0 spiro atoms. The fourth-order valence-electron chi connectivity index (χ4n) is 2.82. The van der Waals surface area contributed by atoms with Gasteiger partial charge >= 0.3 is 0 Å². The van der Waals surface area contributed by atoms with E-state index in [0.717, 1.165) is 29.2 Å². The van der Waals surface area contributed by atoms with Crippen molar-refractivity contribution >= 4 is 0 Å². The Morgan fingerprint density at radius 1 is 1.14 bits per heavy atom. The van der Waals surface area contributed by atoms with Crippen molar-refractivity contribution in [3.63, 3.8) is 0 Å². The molecule has 0 radical (unpaired) electrons. The third-order valence-corrected chi connectivity index (χ3v) is 4.13. The van der Waals surface area contributed by atoms with E-state index in [1.807, 2.05) is 6.07 Å². The largest absolute Gasteiger partial charge is 0.496 e. The molecule has 0 unspecified atom stereocenters. The van der Waals surface area contributed by atoms with Gasteiger partial charge in [-0.2, -0.15) is 0 Å². The molecule has 110 valence electrons. The zero-order valence-corrected chi connectivity index (χ0v) is 12.8. The van der Waals surface area contributed by atoms with Gasteiger partial charge in [0.1, 0.15) is 11.5 Å². The number of benzene rings is 2. The van der Waals surface area contributed by atoms with Crippen LogP contribution < -0.4 is 15.2 Å². The molecule has 2 aromatic rings. The Bertz CT molecular complexity index is 677. The van der Waals surface area contributed by atoms with Crippen molar-refractivity contribution < 1.29 is 9.47 Å². The van der Waals surface area contributed by atoms with Gasteiger partial charge in [0.15, 0.2) is 0 Å². The summed E-state index contributed by atoms with van der Waals surface area (Å²) in [5.74, 6) is 1.84. The Hall–Kier alpha value is -2.00. The van der Waals surface area contributed by atoms with Crippen LogP contribution >= 0.6 is 0 Å². The van der Waals surface area contributed by atoms with E-state index in [2.05, 4.69) is 44.2 Å². The normalized spacial score (nSPS) is 15.4. The summed E-state index contributed by atoms with van der Waals surface area (Å²) < 4.78 is 11.1. The lowest BCUT2D eigenvalue weighted by atomic mass is 9.85. The molecule has 3 nitrogen and oxygen atoms in total. The second kappa shape index (κ2) is 5.08. The Kier molecular flexibility index (Phi) is 3.38. The van der Waals surface area contributed by atoms with Crippen LogP contribution in [0.2, 0.25) is 0 Å². The first-order valence-electron chi connectivity index (χ1n) is 7.20. The average molecular weight is 283 g/mol. The number of methoxy groups -OCH3 is 1. The number of fused-ring (bicyclic) bond motifs is 1. The van der Waals surface area contributed by atoms with Crippen LogP contribution in [0, 0.1) is 0 Å². The van der Waals surface area contributed by atoms with Crippen LogP contribution in [0.15, 0.2) is 36.4 Å².